The van der Waals surface area contributed by atoms with E-state index in [1.165, 1.54) is 18.2 Å². The highest BCUT2D eigenvalue weighted by Gasteiger charge is 2.18. The summed E-state index contributed by atoms with van der Waals surface area (Å²) in [5.41, 5.74) is 5.02. The highest BCUT2D eigenvalue weighted by molar-refractivity contribution is 6.12. The molecule has 9 nitrogen and oxygen atoms in total. The van der Waals surface area contributed by atoms with Gasteiger partial charge < -0.3 is 30.2 Å². The first-order valence-corrected chi connectivity index (χ1v) is 13.2. The molecule has 9 heteroatoms. The summed E-state index contributed by atoms with van der Waals surface area (Å²) in [4.78, 5) is 39.8. The first kappa shape index (κ1) is 30.1. The minimum absolute atomic E-state index is 0.152. The Bertz CT molecular complexity index is 1320. The summed E-state index contributed by atoms with van der Waals surface area (Å²) >= 11 is 0. The van der Waals surface area contributed by atoms with E-state index >= 15 is 0 Å². The van der Waals surface area contributed by atoms with Crippen molar-refractivity contribution in [2.45, 2.75) is 19.8 Å². The fourth-order valence-electron chi connectivity index (χ4n) is 4.18. The van der Waals surface area contributed by atoms with Gasteiger partial charge in [-0.1, -0.05) is 36.4 Å². The molecule has 3 N–H and O–H groups in total. The smallest absolute Gasteiger partial charge is 0.255 e. The highest BCUT2D eigenvalue weighted by Crippen LogP contribution is 2.19. The Morgan fingerprint density at radius 2 is 0.690 bits per heavy atom. The predicted molar refractivity (Wildman–Crippen MR) is 162 cm³/mol. The van der Waals surface area contributed by atoms with Crippen LogP contribution in [0.1, 0.15) is 47.8 Å². The van der Waals surface area contributed by atoms with Crippen LogP contribution in [0.4, 0.5) is 17.1 Å². The van der Waals surface area contributed by atoms with Crippen molar-refractivity contribution in [3.63, 3.8) is 0 Å². The second-order valence-corrected chi connectivity index (χ2v) is 9.55. The van der Waals surface area contributed by atoms with E-state index in [4.69, 9.17) is 14.2 Å². The first-order valence-electron chi connectivity index (χ1n) is 13.2. The van der Waals surface area contributed by atoms with Crippen molar-refractivity contribution >= 4 is 34.8 Å². The lowest BCUT2D eigenvalue weighted by Gasteiger charge is -2.12. The Hall–Kier alpha value is -4.83. The largest absolute Gasteiger partial charge is 0.380 e. The van der Waals surface area contributed by atoms with E-state index in [9.17, 15) is 14.4 Å². The number of nitrogens with one attached hydrogen (secondary N) is 3. The van der Waals surface area contributed by atoms with Crippen molar-refractivity contribution in [3.05, 3.63) is 124 Å². The van der Waals surface area contributed by atoms with Gasteiger partial charge in [0.15, 0.2) is 0 Å². The Morgan fingerprint density at radius 3 is 0.905 bits per heavy atom. The predicted octanol–water partition coefficient (Wildman–Crippen LogP) is 5.88. The van der Waals surface area contributed by atoms with Gasteiger partial charge in [0.2, 0.25) is 0 Å². The number of hydrogen-bond acceptors (Lipinski definition) is 6. The van der Waals surface area contributed by atoms with Gasteiger partial charge in [-0.2, -0.15) is 0 Å². The molecule has 42 heavy (non-hydrogen) atoms. The normalized spacial score (nSPS) is 10.6. The molecule has 216 valence electrons. The third-order valence-corrected chi connectivity index (χ3v) is 6.29. The summed E-state index contributed by atoms with van der Waals surface area (Å²) in [5, 5.41) is 8.49. The zero-order valence-electron chi connectivity index (χ0n) is 23.7. The van der Waals surface area contributed by atoms with Crippen molar-refractivity contribution in [3.8, 4) is 0 Å². The molecular weight excluding hydrogens is 534 g/mol. The van der Waals surface area contributed by atoms with Crippen molar-refractivity contribution < 1.29 is 28.6 Å². The maximum absolute atomic E-state index is 13.3. The number of benzene rings is 4. The molecule has 0 radical (unpaired) electrons. The molecule has 4 rings (SSSR count). The van der Waals surface area contributed by atoms with Gasteiger partial charge in [0.1, 0.15) is 0 Å². The number of methoxy groups -OCH3 is 3. The molecule has 0 spiro atoms. The molecule has 0 bridgehead atoms. The molecule has 4 aromatic rings. The Kier molecular flexibility index (Phi) is 10.5. The Morgan fingerprint density at radius 1 is 0.452 bits per heavy atom. The summed E-state index contributed by atoms with van der Waals surface area (Å²) in [6.07, 6.45) is 0. The molecule has 0 aromatic heterocycles. The van der Waals surface area contributed by atoms with Crippen LogP contribution in [0.2, 0.25) is 0 Å². The lowest BCUT2D eigenvalue weighted by molar-refractivity contribution is 0.102. The Balaban J connectivity index is 1.59. The summed E-state index contributed by atoms with van der Waals surface area (Å²) in [6, 6.07) is 26.0. The third kappa shape index (κ3) is 8.34. The SMILES string of the molecule is COCc1ccc(NC(=O)c2cc(C(=O)Nc3ccc(COC)cc3)cc(C(=O)Nc3ccc(COC)cc3)c2)cc1. The minimum atomic E-state index is -0.467. The van der Waals surface area contributed by atoms with Crippen molar-refractivity contribution in [2.24, 2.45) is 0 Å². The maximum Gasteiger partial charge on any atom is 0.255 e. The van der Waals surface area contributed by atoms with Crippen molar-refractivity contribution in [2.75, 3.05) is 37.3 Å². The summed E-state index contributed by atoms with van der Waals surface area (Å²) < 4.78 is 15.4. The van der Waals surface area contributed by atoms with Crippen LogP contribution in [-0.4, -0.2) is 39.1 Å². The summed E-state index contributed by atoms with van der Waals surface area (Å²) in [7, 11) is 4.83. The van der Waals surface area contributed by atoms with Crippen LogP contribution in [0.5, 0.6) is 0 Å². The molecule has 0 aliphatic rings. The van der Waals surface area contributed by atoms with Crippen LogP contribution < -0.4 is 16.0 Å². The number of carbonyl (C=O) groups is 3. The number of ether oxygens (including phenoxy) is 3. The Labute approximate surface area is 244 Å². The van der Waals surface area contributed by atoms with E-state index in [-0.39, 0.29) is 16.7 Å². The number of amides is 3. The number of carbonyl (C=O) groups excluding carboxylic acids is 3. The van der Waals surface area contributed by atoms with Gasteiger partial charge in [0.05, 0.1) is 19.8 Å². The lowest BCUT2D eigenvalue weighted by Crippen LogP contribution is -2.19. The van der Waals surface area contributed by atoms with Gasteiger partial charge in [0, 0.05) is 55.1 Å². The molecule has 0 aliphatic heterocycles. The van der Waals surface area contributed by atoms with Crippen LogP contribution >= 0.6 is 0 Å². The fraction of sp³-hybridized carbons (Fsp3) is 0.182. The second kappa shape index (κ2) is 14.7. The summed E-state index contributed by atoms with van der Waals surface area (Å²) in [6.45, 7) is 1.36. The second-order valence-electron chi connectivity index (χ2n) is 9.55. The molecule has 0 saturated carbocycles. The molecular formula is C33H33N3O6. The van der Waals surface area contributed by atoms with E-state index < -0.39 is 17.7 Å². The van der Waals surface area contributed by atoms with Gasteiger partial charge in [-0.25, -0.2) is 0 Å². The van der Waals surface area contributed by atoms with E-state index in [1.54, 1.807) is 57.7 Å². The topological polar surface area (TPSA) is 115 Å². The van der Waals surface area contributed by atoms with Crippen LogP contribution in [-0.2, 0) is 34.0 Å². The highest BCUT2D eigenvalue weighted by atomic mass is 16.5. The van der Waals surface area contributed by atoms with E-state index in [0.29, 0.717) is 36.9 Å². The number of hydrogen-bond donors (Lipinski definition) is 3. The first-order chi connectivity index (χ1) is 20.4. The van der Waals surface area contributed by atoms with Crippen LogP contribution in [0.3, 0.4) is 0 Å². The van der Waals surface area contributed by atoms with Crippen LogP contribution in [0.25, 0.3) is 0 Å². The van der Waals surface area contributed by atoms with E-state index in [1.807, 2.05) is 36.4 Å². The average Bonchev–Trinajstić information content (AvgIpc) is 3.00. The van der Waals surface area contributed by atoms with E-state index in [2.05, 4.69) is 16.0 Å². The lowest BCUT2D eigenvalue weighted by atomic mass is 10.0. The average molecular weight is 568 g/mol. The van der Waals surface area contributed by atoms with Gasteiger partial charge in [0.25, 0.3) is 17.7 Å². The molecule has 0 unspecified atom stereocenters. The molecule has 0 fully saturated rings. The fourth-order valence-corrected chi connectivity index (χ4v) is 4.18. The standard InChI is InChI=1S/C33H33N3O6/c1-40-19-22-4-10-28(11-5-22)34-31(37)25-16-26(32(38)35-29-12-6-23(7-13-29)20-41-2)18-27(17-25)33(39)36-30-14-8-24(9-15-30)21-42-3/h4-18H,19-21H2,1-3H3,(H,34,37)(H,35,38)(H,36,39). The molecule has 3 amide bonds. The van der Waals surface area contributed by atoms with Gasteiger partial charge in [-0.15, -0.1) is 0 Å². The number of rotatable bonds is 12. The molecule has 0 heterocycles. The molecule has 0 atom stereocenters. The van der Waals surface area contributed by atoms with Gasteiger partial charge in [-0.3, -0.25) is 14.4 Å². The van der Waals surface area contributed by atoms with Crippen LogP contribution in [0.15, 0.2) is 91.0 Å². The van der Waals surface area contributed by atoms with Gasteiger partial charge >= 0.3 is 0 Å². The van der Waals surface area contributed by atoms with Crippen molar-refractivity contribution in [1.82, 2.24) is 0 Å². The van der Waals surface area contributed by atoms with Gasteiger partial charge in [-0.05, 0) is 71.3 Å². The third-order valence-electron chi connectivity index (χ3n) is 6.29. The molecule has 0 aliphatic carbocycles. The maximum atomic E-state index is 13.3. The monoisotopic (exact) mass is 567 g/mol. The number of anilines is 3. The summed E-state index contributed by atoms with van der Waals surface area (Å²) in [5.74, 6) is -1.40. The quantitative estimate of drug-likeness (QED) is 0.197. The van der Waals surface area contributed by atoms with Crippen LogP contribution in [0, 0.1) is 0 Å². The zero-order valence-corrected chi connectivity index (χ0v) is 23.7. The minimum Gasteiger partial charge on any atom is -0.380 e. The van der Waals surface area contributed by atoms with Crippen molar-refractivity contribution in [1.29, 1.82) is 0 Å². The van der Waals surface area contributed by atoms with E-state index in [0.717, 1.165) is 16.7 Å². The molecule has 4 aromatic carbocycles. The zero-order chi connectivity index (χ0) is 29.9. The molecule has 0 saturated heterocycles.